The second-order valence-electron chi connectivity index (χ2n) is 7.57. The zero-order valence-corrected chi connectivity index (χ0v) is 23.9. The van der Waals surface area contributed by atoms with Gasteiger partial charge >= 0.3 is 0 Å². The van der Waals surface area contributed by atoms with E-state index in [0.29, 0.717) is 0 Å². The van der Waals surface area contributed by atoms with Crippen LogP contribution in [0.2, 0.25) is 0 Å². The molecule has 2 aromatic rings. The highest BCUT2D eigenvalue weighted by molar-refractivity contribution is 14.1. The molecule has 0 N–H and O–H groups in total. The van der Waals surface area contributed by atoms with Crippen molar-refractivity contribution in [1.29, 1.82) is 0 Å². The molecule has 0 heterocycles. The normalized spacial score (nSPS) is 17.5. The maximum atomic E-state index is 4.36. The van der Waals surface area contributed by atoms with Crippen LogP contribution in [0.25, 0.3) is 0 Å². The maximum absolute atomic E-state index is 4.36. The third-order valence-corrected chi connectivity index (χ3v) is 8.52. The lowest BCUT2D eigenvalue weighted by Crippen LogP contribution is -2.07. The third kappa shape index (κ3) is 12.4. The SMILES string of the molecule is Brc1cccc(I)c1.Brc1cccc(SC2CCCCC2)c1.SC1CCCCC1. The standard InChI is InChI=1S/C12H15BrS.C6H4BrI.C6H12S/c13-10-5-4-8-12(9-10)14-11-6-2-1-3-7-11;7-5-2-1-3-6(8)4-5;7-6-4-2-1-3-5-6/h4-5,8-9,11H,1-3,6-7H2;1-4H;6-7H,1-5H2. The van der Waals surface area contributed by atoms with E-state index in [1.165, 1.54) is 77.1 Å². The monoisotopic (exact) mass is 668 g/mol. The molecule has 0 atom stereocenters. The number of rotatable bonds is 2. The van der Waals surface area contributed by atoms with Crippen LogP contribution >= 0.6 is 78.8 Å². The molecule has 0 unspecified atom stereocenters. The summed E-state index contributed by atoms with van der Waals surface area (Å²) in [6, 6.07) is 16.8. The van der Waals surface area contributed by atoms with Crippen molar-refractivity contribution in [3.05, 3.63) is 61.0 Å². The van der Waals surface area contributed by atoms with Gasteiger partial charge in [0.15, 0.2) is 0 Å². The Labute approximate surface area is 217 Å². The molecule has 0 bridgehead atoms. The van der Waals surface area contributed by atoms with Crippen LogP contribution in [0, 0.1) is 3.57 Å². The van der Waals surface area contributed by atoms with E-state index in [1.807, 2.05) is 23.9 Å². The van der Waals surface area contributed by atoms with Gasteiger partial charge in [-0.2, -0.15) is 12.6 Å². The van der Waals surface area contributed by atoms with E-state index < -0.39 is 0 Å². The largest absolute Gasteiger partial charge is 0.176 e. The van der Waals surface area contributed by atoms with Crippen LogP contribution in [0.5, 0.6) is 0 Å². The van der Waals surface area contributed by atoms with Crippen LogP contribution in [0.1, 0.15) is 64.2 Å². The fourth-order valence-corrected chi connectivity index (χ4v) is 7.05. The first kappa shape index (κ1) is 26.1. The van der Waals surface area contributed by atoms with Gasteiger partial charge in [-0.15, -0.1) is 11.8 Å². The fourth-order valence-electron chi connectivity index (χ4n) is 3.46. The molecule has 5 heteroatoms. The smallest absolute Gasteiger partial charge is 0.0186 e. The van der Waals surface area contributed by atoms with Crippen LogP contribution in [-0.2, 0) is 0 Å². The molecule has 160 valence electrons. The van der Waals surface area contributed by atoms with Gasteiger partial charge in [-0.1, -0.05) is 82.5 Å². The molecule has 2 saturated carbocycles. The van der Waals surface area contributed by atoms with E-state index in [4.69, 9.17) is 0 Å². The molecule has 2 aliphatic rings. The van der Waals surface area contributed by atoms with Crippen LogP contribution in [-0.4, -0.2) is 10.5 Å². The van der Waals surface area contributed by atoms with E-state index in [-0.39, 0.29) is 0 Å². The van der Waals surface area contributed by atoms with Gasteiger partial charge in [0.2, 0.25) is 0 Å². The van der Waals surface area contributed by atoms with E-state index >= 15 is 0 Å². The Morgan fingerprint density at radius 3 is 1.76 bits per heavy atom. The molecule has 0 aromatic heterocycles. The Kier molecular flexibility index (Phi) is 14.0. The Morgan fingerprint density at radius 1 is 0.759 bits per heavy atom. The zero-order valence-electron chi connectivity index (χ0n) is 16.8. The molecule has 2 fully saturated rings. The molecule has 2 aromatic carbocycles. The minimum absolute atomic E-state index is 0.730. The van der Waals surface area contributed by atoms with Gasteiger partial charge in [-0.3, -0.25) is 0 Å². The van der Waals surface area contributed by atoms with Crippen LogP contribution in [0.3, 0.4) is 0 Å². The number of benzene rings is 2. The first-order valence-electron chi connectivity index (χ1n) is 10.5. The summed E-state index contributed by atoms with van der Waals surface area (Å²) in [5.74, 6) is 0. The lowest BCUT2D eigenvalue weighted by atomic mass is 10.0. The van der Waals surface area contributed by atoms with Gasteiger partial charge in [-0.05, 0) is 84.7 Å². The summed E-state index contributed by atoms with van der Waals surface area (Å²) in [7, 11) is 0. The Bertz CT molecular complexity index is 682. The molecular formula is C24H31Br2IS2. The van der Waals surface area contributed by atoms with Crippen molar-refractivity contribution in [2.75, 3.05) is 0 Å². The lowest BCUT2D eigenvalue weighted by molar-refractivity contribution is 0.516. The number of hydrogen-bond acceptors (Lipinski definition) is 2. The van der Waals surface area contributed by atoms with Gasteiger partial charge < -0.3 is 0 Å². The molecule has 29 heavy (non-hydrogen) atoms. The highest BCUT2D eigenvalue weighted by Gasteiger charge is 2.14. The summed E-state index contributed by atoms with van der Waals surface area (Å²) in [4.78, 5) is 1.41. The van der Waals surface area contributed by atoms with E-state index in [0.717, 1.165) is 15.0 Å². The van der Waals surface area contributed by atoms with E-state index in [9.17, 15) is 0 Å². The summed E-state index contributed by atoms with van der Waals surface area (Å²) >= 11 is 15.6. The lowest BCUT2D eigenvalue weighted by Gasteiger charge is -2.20. The van der Waals surface area contributed by atoms with Gasteiger partial charge in [0.05, 0.1) is 0 Å². The van der Waals surface area contributed by atoms with Gasteiger partial charge in [0.25, 0.3) is 0 Å². The first-order valence-corrected chi connectivity index (χ1v) is 14.6. The number of thiol groups is 1. The predicted octanol–water partition coefficient (Wildman–Crippen LogP) is 10.2. The van der Waals surface area contributed by atoms with Crippen molar-refractivity contribution in [2.45, 2.75) is 79.6 Å². The number of thioether (sulfide) groups is 1. The van der Waals surface area contributed by atoms with Gasteiger partial charge in [0.1, 0.15) is 0 Å². The van der Waals surface area contributed by atoms with Crippen LogP contribution in [0.15, 0.2) is 62.4 Å². The molecule has 0 nitrogen and oxygen atoms in total. The number of halogens is 3. The van der Waals surface area contributed by atoms with Gasteiger partial charge in [0, 0.05) is 27.9 Å². The number of hydrogen-bond donors (Lipinski definition) is 1. The highest BCUT2D eigenvalue weighted by atomic mass is 127. The van der Waals surface area contributed by atoms with E-state index in [1.54, 1.807) is 0 Å². The molecule has 0 aliphatic heterocycles. The van der Waals surface area contributed by atoms with Crippen molar-refractivity contribution in [3.8, 4) is 0 Å². The molecular weight excluding hydrogens is 639 g/mol. The molecule has 0 saturated heterocycles. The summed E-state index contributed by atoms with van der Waals surface area (Å²) in [6.45, 7) is 0. The molecule has 2 aliphatic carbocycles. The quantitative estimate of drug-likeness (QED) is 0.245. The minimum Gasteiger partial charge on any atom is -0.176 e. The Morgan fingerprint density at radius 2 is 1.31 bits per heavy atom. The maximum Gasteiger partial charge on any atom is 0.0186 e. The zero-order chi connectivity index (χ0) is 20.9. The predicted molar refractivity (Wildman–Crippen MR) is 150 cm³/mol. The van der Waals surface area contributed by atoms with Crippen LogP contribution < -0.4 is 0 Å². The fraction of sp³-hybridized carbons (Fsp3) is 0.500. The topological polar surface area (TPSA) is 0 Å². The second kappa shape index (κ2) is 15.6. The highest BCUT2D eigenvalue weighted by Crippen LogP contribution is 2.34. The average Bonchev–Trinajstić information content (AvgIpc) is 2.70. The van der Waals surface area contributed by atoms with Crippen molar-refractivity contribution < 1.29 is 0 Å². The van der Waals surface area contributed by atoms with Crippen LogP contribution in [0.4, 0.5) is 0 Å². The average molecular weight is 670 g/mol. The molecule has 0 spiro atoms. The summed E-state index contributed by atoms with van der Waals surface area (Å²) in [5, 5.41) is 1.59. The van der Waals surface area contributed by atoms with Crippen molar-refractivity contribution in [3.63, 3.8) is 0 Å². The second-order valence-corrected chi connectivity index (χ2v) is 12.7. The first-order chi connectivity index (χ1) is 14.0. The molecule has 0 radical (unpaired) electrons. The Balaban J connectivity index is 0.000000170. The van der Waals surface area contributed by atoms with E-state index in [2.05, 4.69) is 103 Å². The third-order valence-electron chi connectivity index (χ3n) is 5.01. The minimum atomic E-state index is 0.730. The summed E-state index contributed by atoms with van der Waals surface area (Å²) < 4.78 is 3.60. The van der Waals surface area contributed by atoms with Gasteiger partial charge in [-0.25, -0.2) is 0 Å². The molecule has 0 amide bonds. The molecule has 4 rings (SSSR count). The summed E-state index contributed by atoms with van der Waals surface area (Å²) in [6.07, 6.45) is 14.0. The van der Waals surface area contributed by atoms with Crippen molar-refractivity contribution in [2.24, 2.45) is 0 Å². The van der Waals surface area contributed by atoms with Crippen molar-refractivity contribution in [1.82, 2.24) is 0 Å². The van der Waals surface area contributed by atoms with Crippen molar-refractivity contribution >= 4 is 78.8 Å². The summed E-state index contributed by atoms with van der Waals surface area (Å²) in [5.41, 5.74) is 0. The Hall–Kier alpha value is 0.830.